The summed E-state index contributed by atoms with van der Waals surface area (Å²) < 4.78 is 5.12. The average molecular weight is 234 g/mol. The van der Waals surface area contributed by atoms with E-state index in [1.54, 1.807) is 12.3 Å². The number of furan rings is 1. The van der Waals surface area contributed by atoms with Gasteiger partial charge < -0.3 is 15.1 Å². The lowest BCUT2D eigenvalue weighted by Crippen LogP contribution is -2.31. The van der Waals surface area contributed by atoms with Gasteiger partial charge in [0.25, 0.3) is 0 Å². The van der Waals surface area contributed by atoms with Gasteiger partial charge in [-0.1, -0.05) is 12.0 Å². The van der Waals surface area contributed by atoms with E-state index in [2.05, 4.69) is 10.6 Å². The van der Waals surface area contributed by atoms with Crippen LogP contribution in [0, 0.1) is 0 Å². The topological polar surface area (TPSA) is 54.3 Å². The highest BCUT2D eigenvalue weighted by Crippen LogP contribution is 2.21. The number of hydrogen-bond acceptors (Lipinski definition) is 2. The van der Waals surface area contributed by atoms with E-state index in [0.717, 1.165) is 18.6 Å². The quantitative estimate of drug-likeness (QED) is 0.844. The number of allylic oxidation sites excluding steroid dienone is 1. The van der Waals surface area contributed by atoms with Crippen molar-refractivity contribution in [1.82, 2.24) is 10.6 Å². The van der Waals surface area contributed by atoms with Gasteiger partial charge in [-0.25, -0.2) is 4.79 Å². The first-order chi connectivity index (χ1) is 8.34. The molecule has 0 unspecified atom stereocenters. The van der Waals surface area contributed by atoms with Crippen LogP contribution in [0.15, 0.2) is 34.6 Å². The number of hydrogen-bond donors (Lipinski definition) is 2. The summed E-state index contributed by atoms with van der Waals surface area (Å²) in [6.45, 7) is 0.419. The summed E-state index contributed by atoms with van der Waals surface area (Å²) in [6.07, 6.45) is 9.44. The Kier molecular flexibility index (Phi) is 4.24. The summed E-state index contributed by atoms with van der Waals surface area (Å²) in [5.74, 6) is 0.755. The summed E-state index contributed by atoms with van der Waals surface area (Å²) in [5, 5.41) is 5.50. The fraction of sp³-hybridized carbons (Fsp3) is 0.462. The molecule has 92 valence electrons. The maximum Gasteiger partial charge on any atom is 0.319 e. The second kappa shape index (κ2) is 6.13. The maximum absolute atomic E-state index is 11.5. The van der Waals surface area contributed by atoms with Crippen LogP contribution in [0.3, 0.4) is 0 Å². The Labute approximate surface area is 101 Å². The van der Waals surface area contributed by atoms with Gasteiger partial charge in [0, 0.05) is 6.20 Å². The molecule has 1 aromatic rings. The molecule has 0 aromatic carbocycles. The minimum absolute atomic E-state index is 0.181. The van der Waals surface area contributed by atoms with E-state index in [0.29, 0.717) is 6.54 Å². The zero-order chi connectivity index (χ0) is 11.9. The van der Waals surface area contributed by atoms with Crippen LogP contribution < -0.4 is 10.6 Å². The molecule has 0 atom stereocenters. The molecule has 2 rings (SSSR count). The van der Waals surface area contributed by atoms with Crippen LogP contribution >= 0.6 is 0 Å². The molecular formula is C13H18N2O2. The molecule has 1 heterocycles. The molecule has 2 amide bonds. The van der Waals surface area contributed by atoms with Crippen molar-refractivity contribution in [2.24, 2.45) is 0 Å². The minimum atomic E-state index is -0.181. The number of urea groups is 1. The van der Waals surface area contributed by atoms with E-state index in [9.17, 15) is 4.79 Å². The van der Waals surface area contributed by atoms with Gasteiger partial charge >= 0.3 is 6.03 Å². The molecule has 1 saturated carbocycles. The Morgan fingerprint density at radius 3 is 2.88 bits per heavy atom. The SMILES string of the molecule is O=C(NC=C1CCCCC1)NCc1ccco1. The van der Waals surface area contributed by atoms with Crippen molar-refractivity contribution in [3.05, 3.63) is 35.9 Å². The van der Waals surface area contributed by atoms with E-state index in [-0.39, 0.29) is 6.03 Å². The third-order valence-corrected chi connectivity index (χ3v) is 2.91. The van der Waals surface area contributed by atoms with Crippen LogP contribution in [0.4, 0.5) is 4.79 Å². The zero-order valence-electron chi connectivity index (χ0n) is 9.87. The third-order valence-electron chi connectivity index (χ3n) is 2.91. The normalized spacial score (nSPS) is 15.4. The molecule has 1 aliphatic carbocycles. The minimum Gasteiger partial charge on any atom is -0.467 e. The molecule has 4 nitrogen and oxygen atoms in total. The van der Waals surface area contributed by atoms with Gasteiger partial charge in [-0.15, -0.1) is 0 Å². The van der Waals surface area contributed by atoms with Crippen LogP contribution in [-0.2, 0) is 6.54 Å². The highest BCUT2D eigenvalue weighted by atomic mass is 16.3. The van der Waals surface area contributed by atoms with Crippen molar-refractivity contribution < 1.29 is 9.21 Å². The third kappa shape index (κ3) is 3.98. The first kappa shape index (κ1) is 11.8. The Balaban J connectivity index is 1.70. The monoisotopic (exact) mass is 234 g/mol. The number of nitrogens with one attached hydrogen (secondary N) is 2. The molecule has 4 heteroatoms. The molecule has 17 heavy (non-hydrogen) atoms. The van der Waals surface area contributed by atoms with Gasteiger partial charge in [-0.2, -0.15) is 0 Å². The lowest BCUT2D eigenvalue weighted by atomic mass is 9.96. The molecule has 0 spiro atoms. The van der Waals surface area contributed by atoms with E-state index >= 15 is 0 Å². The Morgan fingerprint density at radius 2 is 2.18 bits per heavy atom. The van der Waals surface area contributed by atoms with E-state index in [1.165, 1.54) is 24.8 Å². The highest BCUT2D eigenvalue weighted by molar-refractivity contribution is 5.74. The molecule has 1 fully saturated rings. The molecule has 0 saturated heterocycles. The summed E-state index contributed by atoms with van der Waals surface area (Å²) >= 11 is 0. The molecule has 0 radical (unpaired) electrons. The predicted molar refractivity (Wildman–Crippen MR) is 65.2 cm³/mol. The second-order valence-corrected chi connectivity index (χ2v) is 4.27. The van der Waals surface area contributed by atoms with Crippen molar-refractivity contribution in [3.63, 3.8) is 0 Å². The van der Waals surface area contributed by atoms with Gasteiger partial charge in [0.05, 0.1) is 12.8 Å². The summed E-state index contributed by atoms with van der Waals surface area (Å²) in [6, 6.07) is 3.46. The summed E-state index contributed by atoms with van der Waals surface area (Å²) in [7, 11) is 0. The van der Waals surface area contributed by atoms with Crippen LogP contribution in [-0.4, -0.2) is 6.03 Å². The van der Waals surface area contributed by atoms with Crippen molar-refractivity contribution in [3.8, 4) is 0 Å². The molecule has 0 aliphatic heterocycles. The number of rotatable bonds is 3. The first-order valence-electron chi connectivity index (χ1n) is 6.09. The molecule has 2 N–H and O–H groups in total. The van der Waals surface area contributed by atoms with Crippen LogP contribution in [0.2, 0.25) is 0 Å². The zero-order valence-corrected chi connectivity index (χ0v) is 9.87. The molecule has 1 aromatic heterocycles. The lowest BCUT2D eigenvalue weighted by molar-refractivity contribution is 0.242. The van der Waals surface area contributed by atoms with Gasteiger partial charge in [-0.05, 0) is 37.8 Å². The number of carbonyl (C=O) groups excluding carboxylic acids is 1. The number of carbonyl (C=O) groups is 1. The van der Waals surface area contributed by atoms with Gasteiger partial charge in [0.15, 0.2) is 0 Å². The molecule has 0 bridgehead atoms. The van der Waals surface area contributed by atoms with E-state index < -0.39 is 0 Å². The predicted octanol–water partition coefficient (Wildman–Crippen LogP) is 2.93. The van der Waals surface area contributed by atoms with Crippen molar-refractivity contribution in [1.29, 1.82) is 0 Å². The standard InChI is InChI=1S/C13H18N2O2/c16-13(15-10-12-7-4-8-17-12)14-9-11-5-2-1-3-6-11/h4,7-9H,1-3,5-6,10H2,(H2,14,15,16). The fourth-order valence-electron chi connectivity index (χ4n) is 1.95. The largest absolute Gasteiger partial charge is 0.467 e. The van der Waals surface area contributed by atoms with E-state index in [4.69, 9.17) is 4.42 Å². The van der Waals surface area contributed by atoms with Crippen LogP contribution in [0.5, 0.6) is 0 Å². The van der Waals surface area contributed by atoms with Gasteiger partial charge in [-0.3, -0.25) is 0 Å². The van der Waals surface area contributed by atoms with Crippen molar-refractivity contribution >= 4 is 6.03 Å². The van der Waals surface area contributed by atoms with Crippen molar-refractivity contribution in [2.75, 3.05) is 0 Å². The van der Waals surface area contributed by atoms with Crippen LogP contribution in [0.25, 0.3) is 0 Å². The average Bonchev–Trinajstić information content (AvgIpc) is 2.88. The highest BCUT2D eigenvalue weighted by Gasteiger charge is 2.05. The summed E-state index contributed by atoms with van der Waals surface area (Å²) in [4.78, 5) is 11.5. The number of amides is 2. The smallest absolute Gasteiger partial charge is 0.319 e. The first-order valence-corrected chi connectivity index (χ1v) is 6.09. The van der Waals surface area contributed by atoms with Crippen LogP contribution in [0.1, 0.15) is 37.9 Å². The molecule has 1 aliphatic rings. The maximum atomic E-state index is 11.5. The Bertz CT molecular complexity index is 374. The Hall–Kier alpha value is -1.71. The second-order valence-electron chi connectivity index (χ2n) is 4.27. The fourth-order valence-corrected chi connectivity index (χ4v) is 1.95. The van der Waals surface area contributed by atoms with Gasteiger partial charge in [0.1, 0.15) is 5.76 Å². The molecular weight excluding hydrogens is 216 g/mol. The summed E-state index contributed by atoms with van der Waals surface area (Å²) in [5.41, 5.74) is 1.34. The van der Waals surface area contributed by atoms with E-state index in [1.807, 2.05) is 12.3 Å². The van der Waals surface area contributed by atoms with Crippen molar-refractivity contribution in [2.45, 2.75) is 38.6 Å². The Morgan fingerprint density at radius 1 is 1.35 bits per heavy atom. The van der Waals surface area contributed by atoms with Gasteiger partial charge in [0.2, 0.25) is 0 Å². The lowest BCUT2D eigenvalue weighted by Gasteiger charge is -2.13.